The summed E-state index contributed by atoms with van der Waals surface area (Å²) in [7, 11) is 4.51. The number of hydrogen-bond acceptors (Lipinski definition) is 14. The van der Waals surface area contributed by atoms with Crippen molar-refractivity contribution < 1.29 is 55.1 Å². The Morgan fingerprint density at radius 2 is 1.28 bits per heavy atom. The van der Waals surface area contributed by atoms with Gasteiger partial charge in [-0.1, -0.05) is 19.3 Å². The highest BCUT2D eigenvalue weighted by molar-refractivity contribution is 9.10. The maximum atomic E-state index is 13.9. The summed E-state index contributed by atoms with van der Waals surface area (Å²) in [6.45, 7) is 0.913. The summed E-state index contributed by atoms with van der Waals surface area (Å²) in [5.41, 5.74) is -3.53. The summed E-state index contributed by atoms with van der Waals surface area (Å²) in [5, 5.41) is 35.4. The number of quaternary nitrogens is 1. The number of benzene rings is 2. The molecule has 0 N–H and O–H groups in total. The third-order valence-electron chi connectivity index (χ3n) is 10.2. The highest BCUT2D eigenvalue weighted by Gasteiger charge is 2.73. The van der Waals surface area contributed by atoms with Crippen molar-refractivity contribution in [3.05, 3.63) is 87.1 Å². The average molecular weight is 876 g/mol. The molecule has 0 amide bonds. The molecule has 2 saturated heterocycles. The van der Waals surface area contributed by atoms with Crippen LogP contribution in [0.25, 0.3) is 11.4 Å². The van der Waals surface area contributed by atoms with E-state index in [1.807, 2.05) is 7.05 Å². The Balaban J connectivity index is 0.000000149. The number of aryl methyl sites for hydroxylation is 2. The summed E-state index contributed by atoms with van der Waals surface area (Å²) in [6, 6.07) is 3.17. The molecule has 2 aromatic heterocycles. The molecular formula is C29H28BBrF5N11O10. The maximum absolute atomic E-state index is 13.9. The number of carbonyl (C=O) groups is 2. The molecule has 2 saturated carbocycles. The van der Waals surface area contributed by atoms with Gasteiger partial charge in [0, 0.05) is 37.7 Å². The second-order valence-corrected chi connectivity index (χ2v) is 15.0. The van der Waals surface area contributed by atoms with Crippen LogP contribution in [0.15, 0.2) is 38.3 Å². The molecule has 8 rings (SSSR count). The minimum absolute atomic E-state index is 0.0428. The van der Waals surface area contributed by atoms with Gasteiger partial charge in [-0.2, -0.15) is 40.7 Å². The Labute approximate surface area is 322 Å². The lowest BCUT2D eigenvalue weighted by atomic mass is 9.61. The first-order chi connectivity index (χ1) is 26.5. The number of hydrogen-bond donors (Lipinski definition) is 0. The van der Waals surface area contributed by atoms with Crippen molar-refractivity contribution in [2.24, 2.45) is 25.9 Å². The number of nitrogens with zero attached hydrogens (tertiary/aromatic N) is 11. The topological polar surface area (TPSA) is 244 Å². The van der Waals surface area contributed by atoms with Crippen LogP contribution in [0.3, 0.4) is 0 Å². The largest absolute Gasteiger partial charge is 0.600 e. The molecule has 2 aliphatic heterocycles. The van der Waals surface area contributed by atoms with Crippen LogP contribution in [0.4, 0.5) is 33.3 Å². The molecule has 2 aromatic carbocycles. The minimum Gasteiger partial charge on any atom is -0.600 e. The van der Waals surface area contributed by atoms with Crippen molar-refractivity contribution in [3.63, 3.8) is 0 Å². The fraction of sp³-hybridized carbons (Fsp3) is 0.448. The first kappa shape index (κ1) is 40.7. The zero-order chi connectivity index (χ0) is 42.1. The maximum Gasteiger partial charge on any atom is 0.587 e. The molecule has 0 bridgehead atoms. The highest BCUT2D eigenvalue weighted by Crippen LogP contribution is 2.58. The number of rotatable bonds is 6. The Bertz CT molecular complexity index is 2450. The zero-order valence-electron chi connectivity index (χ0n) is 29.8. The van der Waals surface area contributed by atoms with E-state index >= 15 is 0 Å². The highest BCUT2D eigenvalue weighted by atomic mass is 79.9. The fourth-order valence-electron chi connectivity index (χ4n) is 7.05. The number of alkyl halides is 3. The van der Waals surface area contributed by atoms with Crippen molar-refractivity contribution in [3.8, 4) is 11.4 Å². The van der Waals surface area contributed by atoms with E-state index in [0.717, 1.165) is 32.6 Å². The Morgan fingerprint density at radius 1 is 0.825 bits per heavy atom. The van der Waals surface area contributed by atoms with Crippen LogP contribution in [-0.2, 0) is 33.0 Å². The molecule has 0 radical (unpaired) electrons. The molecule has 0 unspecified atom stereocenters. The predicted molar refractivity (Wildman–Crippen MR) is 182 cm³/mol. The van der Waals surface area contributed by atoms with Crippen LogP contribution >= 0.6 is 15.9 Å². The van der Waals surface area contributed by atoms with Gasteiger partial charge in [0.2, 0.25) is 11.6 Å². The average Bonchev–Trinajstić information content (AvgIpc) is 3.96. The van der Waals surface area contributed by atoms with Gasteiger partial charge in [-0.3, -0.25) is 29.8 Å². The number of aromatic nitrogens is 8. The molecule has 28 heteroatoms. The summed E-state index contributed by atoms with van der Waals surface area (Å²) in [4.78, 5) is 65.9. The molecule has 4 fully saturated rings. The Kier molecular flexibility index (Phi) is 10.2. The van der Waals surface area contributed by atoms with Crippen LogP contribution in [0, 0.1) is 43.7 Å². The monoisotopic (exact) mass is 875 g/mol. The first-order valence-corrected chi connectivity index (χ1v) is 17.4. The molecule has 2 aliphatic carbocycles. The lowest BCUT2D eigenvalue weighted by Crippen LogP contribution is -2.60. The van der Waals surface area contributed by atoms with E-state index < -0.39 is 68.9 Å². The quantitative estimate of drug-likeness (QED) is 0.117. The lowest BCUT2D eigenvalue weighted by Gasteiger charge is -2.40. The van der Waals surface area contributed by atoms with Crippen molar-refractivity contribution in [2.45, 2.75) is 37.7 Å². The molecule has 4 atom stereocenters. The van der Waals surface area contributed by atoms with Crippen molar-refractivity contribution >= 4 is 45.9 Å². The van der Waals surface area contributed by atoms with Crippen LogP contribution in [0.1, 0.15) is 31.2 Å². The summed E-state index contributed by atoms with van der Waals surface area (Å²) < 4.78 is 80.0. The van der Waals surface area contributed by atoms with Crippen molar-refractivity contribution in [1.82, 2.24) is 39.6 Å². The third kappa shape index (κ3) is 7.40. The Hall–Kier alpha value is -5.93. The smallest absolute Gasteiger partial charge is 0.587 e. The third-order valence-corrected chi connectivity index (χ3v) is 10.8. The molecule has 4 heterocycles. The van der Waals surface area contributed by atoms with Crippen LogP contribution in [0.2, 0.25) is 5.82 Å². The molecule has 21 nitrogen and oxygen atoms in total. The molecule has 4 aliphatic rings. The van der Waals surface area contributed by atoms with Gasteiger partial charge >= 0.3 is 47.6 Å². The summed E-state index contributed by atoms with van der Waals surface area (Å²) >= 11 is 3.01. The van der Waals surface area contributed by atoms with Gasteiger partial charge in [0.15, 0.2) is 0 Å². The van der Waals surface area contributed by atoms with E-state index in [0.29, 0.717) is 27.1 Å². The van der Waals surface area contributed by atoms with Gasteiger partial charge in [0.25, 0.3) is 0 Å². The second kappa shape index (κ2) is 14.2. The van der Waals surface area contributed by atoms with Gasteiger partial charge in [-0.25, -0.2) is 9.59 Å². The number of likely N-dealkylation sites (N-methyl/N-ethyl adjacent to an activating group) is 1. The van der Waals surface area contributed by atoms with Crippen molar-refractivity contribution in [1.29, 1.82) is 0 Å². The minimum atomic E-state index is -4.48. The van der Waals surface area contributed by atoms with E-state index in [4.69, 9.17) is 9.31 Å². The van der Waals surface area contributed by atoms with Gasteiger partial charge in [-0.05, 0) is 72.6 Å². The fourth-order valence-corrected chi connectivity index (χ4v) is 7.53. The standard InChI is InChI=1S/C12H9F4N5O3.C9H14BNO4.C8H5BrFN5O3/c1-19-11(22)20(18-17-19)9-4-10(21(23)24)8(13)3-6(9)5-2-7(5)12(14,15)16;1-6-3-7(6)10-11(2,4-8(12)14-10)5-9(13)15-10;1-13-8(16)14(12-11-13)6-3-7(15(17)18)5(10)2-4(6)9/h3-5,7H,2H2,1H3;6-7H,3-5H2,1-2H3;2-3H,1H3/t5-,7+;6-,7-,10?,11?;/m11./s1. The predicted octanol–water partition coefficient (Wildman–Crippen LogP) is 2.35. The number of nitro groups is 2. The van der Waals surface area contributed by atoms with Crippen molar-refractivity contribution in [2.75, 3.05) is 20.1 Å². The molecular weight excluding hydrogens is 848 g/mol. The number of halogens is 6. The van der Waals surface area contributed by atoms with E-state index in [1.54, 1.807) is 0 Å². The van der Waals surface area contributed by atoms with Crippen LogP contribution in [-0.4, -0.2) is 98.8 Å². The number of nitro benzene ring substituents is 2. The Morgan fingerprint density at radius 3 is 1.68 bits per heavy atom. The van der Waals surface area contributed by atoms with Gasteiger partial charge < -0.3 is 13.7 Å². The molecule has 304 valence electrons. The van der Waals surface area contributed by atoms with Crippen LogP contribution in [0.5, 0.6) is 0 Å². The van der Waals surface area contributed by atoms with Gasteiger partial charge in [0.1, 0.15) is 13.1 Å². The number of tetrazole rings is 2. The summed E-state index contributed by atoms with van der Waals surface area (Å²) in [5.74, 6) is -4.79. The van der Waals surface area contributed by atoms with E-state index in [1.165, 1.54) is 14.1 Å². The molecule has 57 heavy (non-hydrogen) atoms. The SMILES string of the molecule is C[C@@H]1C[C@H]1[B-]12OC(=O)C[N+]1(C)CC(=O)O2.Cn1nnn(-c2cc([N+](=O)[O-])c(F)cc2Br)c1=O.Cn1nnn(-c2cc([N+](=O)[O-])c(F)cc2[C@H]2C[C@@H]2C(F)(F)F)c1=O. The molecule has 4 aromatic rings. The van der Waals surface area contributed by atoms with E-state index in [9.17, 15) is 61.4 Å². The number of carbonyl (C=O) groups excluding carboxylic acids is 2. The van der Waals surface area contributed by atoms with Crippen LogP contribution < -0.4 is 11.4 Å². The van der Waals surface area contributed by atoms with Gasteiger partial charge in [-0.15, -0.1) is 0 Å². The second-order valence-electron chi connectivity index (χ2n) is 14.1. The lowest BCUT2D eigenvalue weighted by molar-refractivity contribution is -0.794. The summed E-state index contributed by atoms with van der Waals surface area (Å²) in [6.07, 6.45) is -3.77. The molecule has 0 spiro atoms. The first-order valence-electron chi connectivity index (χ1n) is 16.6. The van der Waals surface area contributed by atoms with E-state index in [2.05, 4.69) is 43.7 Å². The normalized spacial score (nSPS) is 25.6. The zero-order valence-corrected chi connectivity index (χ0v) is 31.4. The number of fused-ring (bicyclic) bond motifs is 1. The van der Waals surface area contributed by atoms with Gasteiger partial charge in [0.05, 0.1) is 27.1 Å². The van der Waals surface area contributed by atoms with E-state index in [-0.39, 0.29) is 58.7 Å².